The van der Waals surface area contributed by atoms with Crippen molar-refractivity contribution in [2.24, 2.45) is 11.8 Å². The van der Waals surface area contributed by atoms with Gasteiger partial charge in [-0.3, -0.25) is 9.59 Å². The Morgan fingerprint density at radius 3 is 2.45 bits per heavy atom. The highest BCUT2D eigenvalue weighted by molar-refractivity contribution is 14.1. The second-order valence-electron chi connectivity index (χ2n) is 4.81. The summed E-state index contributed by atoms with van der Waals surface area (Å²) >= 11 is 2.12. The number of carboxylic acid groups (broad SMARTS) is 1. The predicted octanol–water partition coefficient (Wildman–Crippen LogP) is 1.88. The van der Waals surface area contributed by atoms with Crippen molar-refractivity contribution in [1.29, 1.82) is 0 Å². The molecule has 104 valence electrons. The van der Waals surface area contributed by atoms with Crippen molar-refractivity contribution in [2.45, 2.75) is 12.2 Å². The van der Waals surface area contributed by atoms with E-state index in [9.17, 15) is 14.7 Å². The summed E-state index contributed by atoms with van der Waals surface area (Å²) in [7, 11) is 0. The molecule has 1 aromatic carbocycles. The van der Waals surface area contributed by atoms with Crippen molar-refractivity contribution >= 4 is 40.2 Å². The van der Waals surface area contributed by atoms with Crippen LogP contribution < -0.4 is 5.32 Å². The van der Waals surface area contributed by atoms with Gasteiger partial charge in [-0.15, -0.1) is 0 Å². The zero-order valence-electron chi connectivity index (χ0n) is 10.3. The fraction of sp³-hybridized carbons (Fsp3) is 0.286. The molecule has 0 saturated carbocycles. The third-order valence-corrected chi connectivity index (χ3v) is 4.56. The monoisotopic (exact) mass is 385 g/mol. The summed E-state index contributed by atoms with van der Waals surface area (Å²) in [6.45, 7) is 0. The van der Waals surface area contributed by atoms with Gasteiger partial charge in [-0.25, -0.2) is 0 Å². The van der Waals surface area contributed by atoms with Crippen LogP contribution in [-0.2, 0) is 14.3 Å². The number of anilines is 1. The molecule has 6 heteroatoms. The Morgan fingerprint density at radius 2 is 1.80 bits per heavy atom. The molecule has 1 saturated heterocycles. The molecule has 2 N–H and O–H groups in total. The van der Waals surface area contributed by atoms with Gasteiger partial charge in [0.1, 0.15) is 5.92 Å². The minimum atomic E-state index is -0.996. The van der Waals surface area contributed by atoms with Crippen molar-refractivity contribution in [3.8, 4) is 0 Å². The largest absolute Gasteiger partial charge is 0.481 e. The molecule has 1 aromatic rings. The van der Waals surface area contributed by atoms with E-state index in [1.54, 1.807) is 18.2 Å². The highest BCUT2D eigenvalue weighted by atomic mass is 127. The molecular weight excluding hydrogens is 373 g/mol. The Kier molecular flexibility index (Phi) is 3.51. The van der Waals surface area contributed by atoms with Gasteiger partial charge in [-0.2, -0.15) is 0 Å². The second-order valence-corrected chi connectivity index (χ2v) is 5.97. The first-order valence-corrected chi connectivity index (χ1v) is 7.28. The van der Waals surface area contributed by atoms with E-state index in [4.69, 9.17) is 4.74 Å². The number of hydrogen-bond donors (Lipinski definition) is 2. The van der Waals surface area contributed by atoms with Crippen molar-refractivity contribution < 1.29 is 19.4 Å². The van der Waals surface area contributed by atoms with Gasteiger partial charge in [0.05, 0.1) is 23.8 Å². The number of carbonyl (C=O) groups is 2. The van der Waals surface area contributed by atoms with Crippen LogP contribution in [0.15, 0.2) is 36.4 Å². The first kappa shape index (κ1) is 13.6. The molecule has 20 heavy (non-hydrogen) atoms. The number of amides is 1. The van der Waals surface area contributed by atoms with E-state index in [0.29, 0.717) is 5.69 Å². The zero-order valence-corrected chi connectivity index (χ0v) is 12.5. The summed E-state index contributed by atoms with van der Waals surface area (Å²) in [4.78, 5) is 23.7. The molecule has 0 radical (unpaired) electrons. The Labute approximate surface area is 129 Å². The Morgan fingerprint density at radius 1 is 1.15 bits per heavy atom. The number of hydrogen-bond acceptors (Lipinski definition) is 3. The van der Waals surface area contributed by atoms with E-state index in [1.165, 1.54) is 0 Å². The lowest BCUT2D eigenvalue weighted by Gasteiger charge is -2.21. The van der Waals surface area contributed by atoms with Crippen molar-refractivity contribution in [3.63, 3.8) is 0 Å². The quantitative estimate of drug-likeness (QED) is 0.616. The lowest BCUT2D eigenvalue weighted by molar-refractivity contribution is -0.145. The van der Waals surface area contributed by atoms with Crippen LogP contribution in [0.3, 0.4) is 0 Å². The minimum Gasteiger partial charge on any atom is -0.481 e. The van der Waals surface area contributed by atoms with Crippen LogP contribution in [0.5, 0.6) is 0 Å². The number of nitrogens with one attached hydrogen (secondary N) is 1. The number of carbonyl (C=O) groups excluding carboxylic acids is 1. The van der Waals surface area contributed by atoms with Gasteiger partial charge in [0.15, 0.2) is 0 Å². The van der Waals surface area contributed by atoms with Crippen LogP contribution in [0, 0.1) is 15.4 Å². The van der Waals surface area contributed by atoms with E-state index in [1.807, 2.05) is 18.2 Å². The maximum absolute atomic E-state index is 12.4. The number of benzene rings is 1. The molecule has 4 atom stereocenters. The van der Waals surface area contributed by atoms with E-state index in [0.717, 1.165) is 3.57 Å². The van der Waals surface area contributed by atoms with Crippen molar-refractivity contribution in [1.82, 2.24) is 0 Å². The number of ether oxygens (including phenoxy) is 1. The lowest BCUT2D eigenvalue weighted by Crippen LogP contribution is -2.39. The molecule has 0 spiro atoms. The van der Waals surface area contributed by atoms with Gasteiger partial charge in [0.25, 0.3) is 0 Å². The topological polar surface area (TPSA) is 75.6 Å². The number of halogens is 1. The fourth-order valence-corrected chi connectivity index (χ4v) is 3.22. The maximum Gasteiger partial charge on any atom is 0.310 e. The molecule has 5 nitrogen and oxygen atoms in total. The van der Waals surface area contributed by atoms with Gasteiger partial charge < -0.3 is 15.2 Å². The van der Waals surface area contributed by atoms with Crippen LogP contribution >= 0.6 is 22.6 Å². The SMILES string of the molecule is O=C(O)[C@@H]1[C@H](C(=O)Nc2ccccc2I)[C@H]2C=C[C@@H]1O2. The predicted molar refractivity (Wildman–Crippen MR) is 80.2 cm³/mol. The van der Waals surface area contributed by atoms with Crippen LogP contribution in [0.2, 0.25) is 0 Å². The first-order chi connectivity index (χ1) is 9.58. The fourth-order valence-electron chi connectivity index (χ4n) is 2.69. The van der Waals surface area contributed by atoms with Gasteiger partial charge in [-0.05, 0) is 34.7 Å². The molecule has 2 aliphatic heterocycles. The van der Waals surface area contributed by atoms with E-state index in [2.05, 4.69) is 27.9 Å². The van der Waals surface area contributed by atoms with Crippen LogP contribution in [-0.4, -0.2) is 29.2 Å². The minimum absolute atomic E-state index is 0.307. The Hall–Kier alpha value is -1.41. The molecule has 2 bridgehead atoms. The zero-order chi connectivity index (χ0) is 14.3. The summed E-state index contributed by atoms with van der Waals surface area (Å²) < 4.78 is 6.40. The summed E-state index contributed by atoms with van der Waals surface area (Å²) in [6.07, 6.45) is 2.55. The highest BCUT2D eigenvalue weighted by Crippen LogP contribution is 2.40. The Balaban J connectivity index is 1.82. The number of fused-ring (bicyclic) bond motifs is 2. The molecule has 0 aliphatic carbocycles. The summed E-state index contributed by atoms with van der Waals surface area (Å²) in [5, 5.41) is 12.1. The molecule has 0 unspecified atom stereocenters. The summed E-state index contributed by atoms with van der Waals surface area (Å²) in [5.41, 5.74) is 0.689. The third kappa shape index (κ3) is 2.22. The molecule has 3 rings (SSSR count). The van der Waals surface area contributed by atoms with Gasteiger partial charge >= 0.3 is 5.97 Å². The molecule has 1 amide bonds. The number of para-hydroxylation sites is 1. The molecular formula is C14H12INO4. The van der Waals surface area contributed by atoms with Gasteiger partial charge in [0, 0.05) is 3.57 Å². The third-order valence-electron chi connectivity index (χ3n) is 3.62. The normalized spacial score (nSPS) is 30.4. The highest BCUT2D eigenvalue weighted by Gasteiger charge is 2.53. The average molecular weight is 385 g/mol. The van der Waals surface area contributed by atoms with Crippen LogP contribution in [0.25, 0.3) is 0 Å². The Bertz CT molecular complexity index is 601. The summed E-state index contributed by atoms with van der Waals surface area (Å²) in [5.74, 6) is -2.80. The first-order valence-electron chi connectivity index (χ1n) is 6.20. The lowest BCUT2D eigenvalue weighted by atomic mass is 9.82. The van der Waals surface area contributed by atoms with Crippen molar-refractivity contribution in [2.75, 3.05) is 5.32 Å². The number of carboxylic acids is 1. The van der Waals surface area contributed by atoms with E-state index in [-0.39, 0.29) is 5.91 Å². The van der Waals surface area contributed by atoms with E-state index >= 15 is 0 Å². The number of aliphatic carboxylic acids is 1. The average Bonchev–Trinajstić information content (AvgIpc) is 3.01. The van der Waals surface area contributed by atoms with Gasteiger partial charge in [-0.1, -0.05) is 24.3 Å². The standard InChI is InChI=1S/C14H12INO4/c15-7-3-1-2-4-8(7)16-13(17)11-9-5-6-10(20-9)12(11)14(18)19/h1-6,9-12H,(H,16,17)(H,18,19)/t9-,10+,11-,12+/m1/s1. The maximum atomic E-state index is 12.4. The number of rotatable bonds is 3. The van der Waals surface area contributed by atoms with E-state index < -0.39 is 30.0 Å². The molecule has 1 fully saturated rings. The second kappa shape index (κ2) is 5.17. The van der Waals surface area contributed by atoms with Crippen LogP contribution in [0.1, 0.15) is 0 Å². The van der Waals surface area contributed by atoms with Crippen molar-refractivity contribution in [3.05, 3.63) is 40.0 Å². The summed E-state index contributed by atoms with van der Waals surface area (Å²) in [6, 6.07) is 7.37. The smallest absolute Gasteiger partial charge is 0.310 e. The molecule has 2 heterocycles. The van der Waals surface area contributed by atoms with Crippen LogP contribution in [0.4, 0.5) is 5.69 Å². The van der Waals surface area contributed by atoms with Gasteiger partial charge in [0.2, 0.25) is 5.91 Å². The molecule has 2 aliphatic rings. The molecule has 0 aromatic heterocycles.